The maximum Gasteiger partial charge on any atom is 0.101 e. The molecule has 0 aromatic heterocycles. The number of nitrogens with zero attached hydrogens (tertiary/aromatic N) is 2. The van der Waals surface area contributed by atoms with E-state index < -0.39 is 0 Å². The minimum absolute atomic E-state index is 0.268. The normalized spacial score (nSPS) is 22.0. The third kappa shape index (κ3) is 2.90. The molecule has 1 aliphatic rings. The number of hydrogen-bond acceptors (Lipinski definition) is 3. The first-order valence-electron chi connectivity index (χ1n) is 6.97. The predicted molar refractivity (Wildman–Crippen MR) is 79.2 cm³/mol. The lowest BCUT2D eigenvalue weighted by atomic mass is 9.73. The maximum atomic E-state index is 9.23. The molecule has 19 heavy (non-hydrogen) atoms. The van der Waals surface area contributed by atoms with Crippen LogP contribution in [0.4, 0.5) is 5.69 Å². The summed E-state index contributed by atoms with van der Waals surface area (Å²) in [5, 5.41) is 12.5. The zero-order valence-corrected chi connectivity index (χ0v) is 12.1. The van der Waals surface area contributed by atoms with Crippen LogP contribution in [-0.4, -0.2) is 26.7 Å². The van der Waals surface area contributed by atoms with Crippen molar-refractivity contribution in [3.05, 3.63) is 29.8 Å². The first-order chi connectivity index (χ1) is 9.08. The Kier molecular flexibility index (Phi) is 4.11. The number of nitriles is 1. The van der Waals surface area contributed by atoms with Gasteiger partial charge in [0.1, 0.15) is 6.07 Å². The average Bonchev–Trinajstić information content (AvgIpc) is 2.41. The second kappa shape index (κ2) is 5.63. The quantitative estimate of drug-likeness (QED) is 0.904. The molecule has 1 aliphatic heterocycles. The fourth-order valence-corrected chi connectivity index (χ4v) is 3.08. The van der Waals surface area contributed by atoms with Crippen molar-refractivity contribution in [2.45, 2.75) is 20.3 Å². The first kappa shape index (κ1) is 13.9. The minimum Gasteiger partial charge on any atom is -0.370 e. The number of para-hydroxylation sites is 1. The number of hydrogen-bond donors (Lipinski definition) is 1. The Morgan fingerprint density at radius 2 is 2.16 bits per heavy atom. The smallest absolute Gasteiger partial charge is 0.101 e. The van der Waals surface area contributed by atoms with Crippen LogP contribution < -0.4 is 10.2 Å². The van der Waals surface area contributed by atoms with E-state index >= 15 is 0 Å². The molecule has 1 fully saturated rings. The molecule has 1 unspecified atom stereocenters. The van der Waals surface area contributed by atoms with Crippen LogP contribution in [-0.2, 0) is 0 Å². The lowest BCUT2D eigenvalue weighted by molar-refractivity contribution is 0.174. The minimum atomic E-state index is 0.268. The highest BCUT2D eigenvalue weighted by atomic mass is 15.1. The van der Waals surface area contributed by atoms with Gasteiger partial charge in [0, 0.05) is 13.1 Å². The zero-order valence-electron chi connectivity index (χ0n) is 12.1. The van der Waals surface area contributed by atoms with Gasteiger partial charge in [-0.05, 0) is 43.5 Å². The SMILES string of the molecule is CNCC1CCN(c2ccccc2C#N)CC1(C)C. The van der Waals surface area contributed by atoms with Gasteiger partial charge in [-0.25, -0.2) is 0 Å². The lowest BCUT2D eigenvalue weighted by Gasteiger charge is -2.45. The zero-order chi connectivity index (χ0) is 13.9. The van der Waals surface area contributed by atoms with E-state index in [1.165, 1.54) is 6.42 Å². The van der Waals surface area contributed by atoms with E-state index in [-0.39, 0.29) is 5.41 Å². The lowest BCUT2D eigenvalue weighted by Crippen LogP contribution is -2.48. The number of nitrogens with one attached hydrogen (secondary N) is 1. The van der Waals surface area contributed by atoms with Gasteiger partial charge in [-0.15, -0.1) is 0 Å². The van der Waals surface area contributed by atoms with Crippen molar-refractivity contribution in [2.24, 2.45) is 11.3 Å². The second-order valence-corrected chi connectivity index (χ2v) is 6.08. The van der Waals surface area contributed by atoms with Crippen molar-refractivity contribution in [2.75, 3.05) is 31.6 Å². The molecule has 1 saturated heterocycles. The molecular formula is C16H23N3. The molecule has 3 heteroatoms. The Morgan fingerprint density at radius 3 is 2.79 bits per heavy atom. The summed E-state index contributed by atoms with van der Waals surface area (Å²) in [5.41, 5.74) is 2.13. The van der Waals surface area contributed by atoms with E-state index in [4.69, 9.17) is 0 Å². The van der Waals surface area contributed by atoms with Crippen molar-refractivity contribution in [3.8, 4) is 6.07 Å². The third-order valence-corrected chi connectivity index (χ3v) is 4.27. The van der Waals surface area contributed by atoms with Gasteiger partial charge >= 0.3 is 0 Å². The summed E-state index contributed by atoms with van der Waals surface area (Å²) in [6, 6.07) is 10.2. The van der Waals surface area contributed by atoms with Crippen molar-refractivity contribution >= 4 is 5.69 Å². The van der Waals surface area contributed by atoms with Gasteiger partial charge < -0.3 is 10.2 Å². The number of piperidine rings is 1. The van der Waals surface area contributed by atoms with Crippen LogP contribution in [0.1, 0.15) is 25.8 Å². The molecule has 102 valence electrons. The van der Waals surface area contributed by atoms with Crippen LogP contribution in [0.25, 0.3) is 0 Å². The molecule has 0 aliphatic carbocycles. The van der Waals surface area contributed by atoms with Gasteiger partial charge in [0.25, 0.3) is 0 Å². The molecule has 2 rings (SSSR count). The Hall–Kier alpha value is -1.53. The van der Waals surface area contributed by atoms with Crippen LogP contribution in [0.3, 0.4) is 0 Å². The Bertz CT molecular complexity index is 473. The molecule has 1 aromatic rings. The van der Waals surface area contributed by atoms with Crippen LogP contribution in [0, 0.1) is 22.7 Å². The van der Waals surface area contributed by atoms with Crippen molar-refractivity contribution < 1.29 is 0 Å². The summed E-state index contributed by atoms with van der Waals surface area (Å²) >= 11 is 0. The third-order valence-electron chi connectivity index (χ3n) is 4.27. The highest BCUT2D eigenvalue weighted by Crippen LogP contribution is 2.37. The number of rotatable bonds is 3. The Balaban J connectivity index is 2.19. The fraction of sp³-hybridized carbons (Fsp3) is 0.562. The molecule has 0 radical (unpaired) electrons. The summed E-state index contributed by atoms with van der Waals surface area (Å²) < 4.78 is 0. The molecule has 1 N–H and O–H groups in total. The fourth-order valence-electron chi connectivity index (χ4n) is 3.08. The number of anilines is 1. The van der Waals surface area contributed by atoms with E-state index in [1.54, 1.807) is 0 Å². The Labute approximate surface area is 116 Å². The highest BCUT2D eigenvalue weighted by molar-refractivity contribution is 5.59. The van der Waals surface area contributed by atoms with Gasteiger partial charge in [-0.2, -0.15) is 5.26 Å². The molecule has 0 amide bonds. The predicted octanol–water partition coefficient (Wildman–Crippen LogP) is 2.63. The topological polar surface area (TPSA) is 39.1 Å². The van der Waals surface area contributed by atoms with E-state index in [9.17, 15) is 5.26 Å². The van der Waals surface area contributed by atoms with Crippen LogP contribution in [0.2, 0.25) is 0 Å². The molecule has 1 atom stereocenters. The molecule has 0 saturated carbocycles. The van der Waals surface area contributed by atoms with Gasteiger partial charge in [0.2, 0.25) is 0 Å². The summed E-state index contributed by atoms with van der Waals surface area (Å²) in [7, 11) is 2.02. The largest absolute Gasteiger partial charge is 0.370 e. The van der Waals surface area contributed by atoms with Crippen LogP contribution >= 0.6 is 0 Å². The molecule has 1 aromatic carbocycles. The van der Waals surface area contributed by atoms with Gasteiger partial charge in [-0.3, -0.25) is 0 Å². The van der Waals surface area contributed by atoms with Gasteiger partial charge in [0.05, 0.1) is 11.3 Å². The summed E-state index contributed by atoms with van der Waals surface area (Å²) in [6.45, 7) is 7.78. The van der Waals surface area contributed by atoms with E-state index in [2.05, 4.69) is 36.2 Å². The standard InChI is InChI=1S/C16H23N3/c1-16(2)12-19(9-8-14(16)11-18-3)15-7-5-4-6-13(15)10-17/h4-7,14,18H,8-9,11-12H2,1-3H3. The maximum absolute atomic E-state index is 9.23. The van der Waals surface area contributed by atoms with Crippen molar-refractivity contribution in [1.29, 1.82) is 5.26 Å². The Morgan fingerprint density at radius 1 is 1.42 bits per heavy atom. The average molecular weight is 257 g/mol. The van der Waals surface area contributed by atoms with E-state index in [0.29, 0.717) is 5.92 Å². The summed E-state index contributed by atoms with van der Waals surface area (Å²) in [6.07, 6.45) is 1.17. The summed E-state index contributed by atoms with van der Waals surface area (Å²) in [4.78, 5) is 2.37. The second-order valence-electron chi connectivity index (χ2n) is 6.08. The van der Waals surface area contributed by atoms with Crippen molar-refractivity contribution in [3.63, 3.8) is 0 Å². The summed E-state index contributed by atoms with van der Waals surface area (Å²) in [5.74, 6) is 0.697. The molecule has 0 bridgehead atoms. The molecular weight excluding hydrogens is 234 g/mol. The highest BCUT2D eigenvalue weighted by Gasteiger charge is 2.35. The van der Waals surface area contributed by atoms with Gasteiger partial charge in [-0.1, -0.05) is 26.0 Å². The van der Waals surface area contributed by atoms with Crippen molar-refractivity contribution in [1.82, 2.24) is 5.32 Å². The number of benzene rings is 1. The molecule has 3 nitrogen and oxygen atoms in total. The first-order valence-corrected chi connectivity index (χ1v) is 6.97. The van der Waals surface area contributed by atoms with Crippen LogP contribution in [0.5, 0.6) is 0 Å². The van der Waals surface area contributed by atoms with E-state index in [0.717, 1.165) is 30.9 Å². The molecule has 1 heterocycles. The molecule has 0 spiro atoms. The monoisotopic (exact) mass is 257 g/mol. The van der Waals surface area contributed by atoms with Gasteiger partial charge in [0.15, 0.2) is 0 Å². The van der Waals surface area contributed by atoms with Crippen LogP contribution in [0.15, 0.2) is 24.3 Å². The van der Waals surface area contributed by atoms with E-state index in [1.807, 2.05) is 25.2 Å².